The first kappa shape index (κ1) is 26.3. The zero-order valence-corrected chi connectivity index (χ0v) is 26.2. The Morgan fingerprint density at radius 1 is 0.447 bits per heavy atom. The Balaban J connectivity index is 1.25. The molecule has 0 radical (unpaired) electrons. The van der Waals surface area contributed by atoms with Gasteiger partial charge < -0.3 is 9.32 Å². The second-order valence-electron chi connectivity index (χ2n) is 12.1. The molecule has 8 aromatic carbocycles. The van der Waals surface area contributed by atoms with Crippen LogP contribution in [0.15, 0.2) is 168 Å². The number of hydrogen-bond donors (Lipinski definition) is 0. The van der Waals surface area contributed by atoms with Crippen LogP contribution in [0, 0.1) is 0 Å². The predicted molar refractivity (Wildman–Crippen MR) is 202 cm³/mol. The van der Waals surface area contributed by atoms with Crippen molar-refractivity contribution in [1.82, 2.24) is 0 Å². The summed E-state index contributed by atoms with van der Waals surface area (Å²) >= 11 is 1.83. The van der Waals surface area contributed by atoms with Crippen molar-refractivity contribution in [3.8, 4) is 11.1 Å². The zero-order valence-electron chi connectivity index (χ0n) is 25.4. The molecule has 0 unspecified atom stereocenters. The van der Waals surface area contributed by atoms with Crippen molar-refractivity contribution in [2.45, 2.75) is 0 Å². The monoisotopic (exact) mass is 617 g/mol. The number of benzene rings is 8. The second kappa shape index (κ2) is 10.3. The van der Waals surface area contributed by atoms with Gasteiger partial charge in [0.15, 0.2) is 0 Å². The van der Waals surface area contributed by atoms with Crippen LogP contribution in [0.2, 0.25) is 0 Å². The maximum absolute atomic E-state index is 6.79. The highest BCUT2D eigenvalue weighted by Crippen LogP contribution is 2.48. The molecule has 10 rings (SSSR count). The molecule has 0 atom stereocenters. The van der Waals surface area contributed by atoms with Crippen LogP contribution in [0.3, 0.4) is 0 Å². The van der Waals surface area contributed by atoms with E-state index in [1.54, 1.807) is 0 Å². The lowest BCUT2D eigenvalue weighted by Gasteiger charge is -2.27. The van der Waals surface area contributed by atoms with Crippen LogP contribution in [0.5, 0.6) is 0 Å². The topological polar surface area (TPSA) is 16.4 Å². The van der Waals surface area contributed by atoms with Crippen LogP contribution in [-0.2, 0) is 0 Å². The molecule has 0 aliphatic rings. The third kappa shape index (κ3) is 4.10. The largest absolute Gasteiger partial charge is 0.455 e. The van der Waals surface area contributed by atoms with Crippen molar-refractivity contribution < 1.29 is 4.42 Å². The van der Waals surface area contributed by atoms with Crippen molar-refractivity contribution in [2.75, 3.05) is 4.90 Å². The van der Waals surface area contributed by atoms with E-state index >= 15 is 0 Å². The van der Waals surface area contributed by atoms with E-state index in [0.717, 1.165) is 39.0 Å². The van der Waals surface area contributed by atoms with E-state index in [0.29, 0.717) is 0 Å². The summed E-state index contributed by atoms with van der Waals surface area (Å²) in [5.74, 6) is 0. The number of hydrogen-bond acceptors (Lipinski definition) is 3. The van der Waals surface area contributed by atoms with Crippen molar-refractivity contribution >= 4 is 92.1 Å². The molecule has 2 aromatic heterocycles. The van der Waals surface area contributed by atoms with E-state index in [9.17, 15) is 0 Å². The van der Waals surface area contributed by atoms with Gasteiger partial charge in [-0.25, -0.2) is 0 Å². The van der Waals surface area contributed by atoms with Crippen molar-refractivity contribution in [3.05, 3.63) is 164 Å². The summed E-state index contributed by atoms with van der Waals surface area (Å²) in [5.41, 5.74) is 7.64. The fourth-order valence-corrected chi connectivity index (χ4v) is 8.41. The molecule has 0 saturated carbocycles. The first-order valence-corrected chi connectivity index (χ1v) is 16.7. The molecule has 220 valence electrons. The van der Waals surface area contributed by atoms with Gasteiger partial charge in [0.1, 0.15) is 11.2 Å². The first-order valence-electron chi connectivity index (χ1n) is 15.9. The van der Waals surface area contributed by atoms with E-state index < -0.39 is 0 Å². The average Bonchev–Trinajstić information content (AvgIpc) is 3.69. The lowest BCUT2D eigenvalue weighted by molar-refractivity contribution is 0.673. The van der Waals surface area contributed by atoms with Gasteiger partial charge in [0.25, 0.3) is 0 Å². The minimum Gasteiger partial charge on any atom is -0.455 e. The van der Waals surface area contributed by atoms with Crippen LogP contribution >= 0.6 is 11.3 Å². The maximum Gasteiger partial charge on any atom is 0.144 e. The summed E-state index contributed by atoms with van der Waals surface area (Å²) in [4.78, 5) is 2.40. The van der Waals surface area contributed by atoms with Gasteiger partial charge in [0.05, 0.1) is 5.69 Å². The molecule has 3 heteroatoms. The number of thiophene rings is 1. The third-order valence-corrected chi connectivity index (χ3v) is 10.5. The summed E-state index contributed by atoms with van der Waals surface area (Å²) in [6, 6.07) is 59.0. The molecule has 0 bridgehead atoms. The number of anilines is 3. The predicted octanol–water partition coefficient (Wildman–Crippen LogP) is 13.4. The molecule has 0 fully saturated rings. The first-order chi connectivity index (χ1) is 23.3. The Morgan fingerprint density at radius 2 is 1.15 bits per heavy atom. The fourth-order valence-electron chi connectivity index (χ4n) is 7.28. The zero-order chi connectivity index (χ0) is 30.9. The number of nitrogens with zero attached hydrogens (tertiary/aromatic N) is 1. The molecule has 47 heavy (non-hydrogen) atoms. The molecule has 0 spiro atoms. The Morgan fingerprint density at radius 3 is 2.04 bits per heavy atom. The lowest BCUT2D eigenvalue weighted by atomic mass is 9.97. The SMILES string of the molecule is c1ccc(N(c2cccc(-c3cccc4ccccc34)c2)c2cccc3sc4ccc5c6cc7ccccc7cc6oc5c4c23)cc1. The number of rotatable bonds is 4. The van der Waals surface area contributed by atoms with Crippen molar-refractivity contribution in [2.24, 2.45) is 0 Å². The van der Waals surface area contributed by atoms with Gasteiger partial charge in [0, 0.05) is 42.3 Å². The van der Waals surface area contributed by atoms with Crippen LogP contribution < -0.4 is 4.90 Å². The minimum absolute atomic E-state index is 0.922. The Kier molecular flexibility index (Phi) is 5.78. The third-order valence-electron chi connectivity index (χ3n) is 9.40. The van der Waals surface area contributed by atoms with Gasteiger partial charge in [-0.15, -0.1) is 11.3 Å². The Bertz CT molecular complexity index is 2800. The Labute approximate surface area is 275 Å². The quantitative estimate of drug-likeness (QED) is 0.195. The summed E-state index contributed by atoms with van der Waals surface area (Å²) in [5, 5.41) is 9.59. The molecular weight excluding hydrogens is 591 g/mol. The van der Waals surface area contributed by atoms with E-state index in [-0.39, 0.29) is 0 Å². The number of fused-ring (bicyclic) bond motifs is 9. The van der Waals surface area contributed by atoms with Crippen LogP contribution in [0.1, 0.15) is 0 Å². The number of furan rings is 1. The highest BCUT2D eigenvalue weighted by Gasteiger charge is 2.22. The lowest BCUT2D eigenvalue weighted by Crippen LogP contribution is -2.10. The van der Waals surface area contributed by atoms with Gasteiger partial charge in [-0.05, 0) is 93.3 Å². The number of para-hydroxylation sites is 1. The summed E-state index contributed by atoms with van der Waals surface area (Å²) in [6.45, 7) is 0. The summed E-state index contributed by atoms with van der Waals surface area (Å²) < 4.78 is 9.25. The molecule has 0 N–H and O–H groups in total. The molecular formula is C44H27NOS. The molecule has 10 aromatic rings. The van der Waals surface area contributed by atoms with Crippen molar-refractivity contribution in [3.63, 3.8) is 0 Å². The van der Waals surface area contributed by atoms with Gasteiger partial charge in [-0.2, -0.15) is 0 Å². The van der Waals surface area contributed by atoms with E-state index in [4.69, 9.17) is 4.42 Å². The highest BCUT2D eigenvalue weighted by atomic mass is 32.1. The molecule has 0 aliphatic carbocycles. The second-order valence-corrected chi connectivity index (χ2v) is 13.2. The van der Waals surface area contributed by atoms with E-state index in [2.05, 4.69) is 169 Å². The fraction of sp³-hybridized carbons (Fsp3) is 0. The standard InChI is InChI=1S/C44H27NOS/c1-2-16-32(17-3-1)45(33-18-8-15-31(25-33)35-20-9-14-28-11-6-7-19-34(28)35)38-21-10-22-40-42(38)43-41(47-40)24-23-36-37-26-29-12-4-5-13-30(29)27-39(37)46-44(36)43/h1-27H. The molecule has 2 heterocycles. The molecule has 0 saturated heterocycles. The van der Waals surface area contributed by atoms with E-state index in [1.807, 2.05) is 11.3 Å². The normalized spacial score (nSPS) is 11.8. The molecule has 0 aliphatic heterocycles. The molecule has 0 amide bonds. The van der Waals surface area contributed by atoms with E-state index in [1.165, 1.54) is 52.8 Å². The van der Waals surface area contributed by atoms with Gasteiger partial charge in [-0.3, -0.25) is 0 Å². The van der Waals surface area contributed by atoms with Crippen LogP contribution in [-0.4, -0.2) is 0 Å². The molecule has 2 nitrogen and oxygen atoms in total. The van der Waals surface area contributed by atoms with Gasteiger partial charge in [0.2, 0.25) is 0 Å². The minimum atomic E-state index is 0.922. The average molecular weight is 618 g/mol. The summed E-state index contributed by atoms with van der Waals surface area (Å²) in [6.07, 6.45) is 0. The maximum atomic E-state index is 6.79. The van der Waals surface area contributed by atoms with Gasteiger partial charge >= 0.3 is 0 Å². The van der Waals surface area contributed by atoms with Crippen LogP contribution in [0.25, 0.3) is 74.8 Å². The smallest absolute Gasteiger partial charge is 0.144 e. The Hall–Kier alpha value is -5.90. The summed E-state index contributed by atoms with van der Waals surface area (Å²) in [7, 11) is 0. The van der Waals surface area contributed by atoms with Crippen molar-refractivity contribution in [1.29, 1.82) is 0 Å². The van der Waals surface area contributed by atoms with Crippen LogP contribution in [0.4, 0.5) is 17.1 Å². The highest BCUT2D eigenvalue weighted by molar-refractivity contribution is 7.26. The van der Waals surface area contributed by atoms with Gasteiger partial charge in [-0.1, -0.05) is 103 Å².